The van der Waals surface area contributed by atoms with Crippen LogP contribution in [0.2, 0.25) is 0 Å². The number of rotatable bonds is 7. The number of hydrogen-bond acceptors (Lipinski definition) is 3. The normalized spacial score (nSPS) is 14.2. The second kappa shape index (κ2) is 7.22. The summed E-state index contributed by atoms with van der Waals surface area (Å²) in [5, 5.41) is 8.68. The fourth-order valence-electron chi connectivity index (χ4n) is 1.60. The van der Waals surface area contributed by atoms with Gasteiger partial charge in [-0.1, -0.05) is 6.92 Å². The second-order valence-corrected chi connectivity index (χ2v) is 4.17. The third-order valence-electron chi connectivity index (χ3n) is 2.59. The van der Waals surface area contributed by atoms with Gasteiger partial charge < -0.3 is 15.7 Å². The quantitative estimate of drug-likeness (QED) is 0.673. The smallest absolute Gasteiger partial charge is 0.305 e. The molecule has 0 spiro atoms. The largest absolute Gasteiger partial charge is 0.481 e. The molecule has 16 heavy (non-hydrogen) atoms. The highest BCUT2D eigenvalue weighted by atomic mass is 16.4. The summed E-state index contributed by atoms with van der Waals surface area (Å²) in [4.78, 5) is 24.0. The van der Waals surface area contributed by atoms with Crippen LogP contribution in [0.1, 0.15) is 33.6 Å². The maximum Gasteiger partial charge on any atom is 0.305 e. The van der Waals surface area contributed by atoms with Crippen LogP contribution < -0.4 is 5.73 Å². The highest BCUT2D eigenvalue weighted by molar-refractivity contribution is 5.77. The summed E-state index contributed by atoms with van der Waals surface area (Å²) in [5.74, 6) is -0.765. The number of carbonyl (C=O) groups excluding carboxylic acids is 1. The number of hydrogen-bond donors (Lipinski definition) is 2. The van der Waals surface area contributed by atoms with Crippen molar-refractivity contribution in [1.29, 1.82) is 0 Å². The van der Waals surface area contributed by atoms with Gasteiger partial charge in [0.1, 0.15) is 0 Å². The van der Waals surface area contributed by atoms with Crippen LogP contribution in [0.5, 0.6) is 0 Å². The first kappa shape index (κ1) is 14.9. The van der Waals surface area contributed by atoms with E-state index in [1.54, 1.807) is 11.8 Å². The van der Waals surface area contributed by atoms with Crippen molar-refractivity contribution in [3.05, 3.63) is 0 Å². The molecule has 0 aromatic heterocycles. The van der Waals surface area contributed by atoms with Crippen LogP contribution in [-0.2, 0) is 9.59 Å². The number of amides is 1. The van der Waals surface area contributed by atoms with E-state index >= 15 is 0 Å². The van der Waals surface area contributed by atoms with Gasteiger partial charge in [0.25, 0.3) is 0 Å². The van der Waals surface area contributed by atoms with Gasteiger partial charge in [0, 0.05) is 19.0 Å². The number of carboxylic acid groups (broad SMARTS) is 1. The van der Waals surface area contributed by atoms with E-state index in [9.17, 15) is 9.59 Å². The zero-order chi connectivity index (χ0) is 12.7. The first-order chi connectivity index (χ1) is 7.42. The average Bonchev–Trinajstić information content (AvgIpc) is 2.17. The Kier molecular flexibility index (Phi) is 6.72. The molecule has 94 valence electrons. The Morgan fingerprint density at radius 1 is 1.31 bits per heavy atom. The molecule has 0 aliphatic carbocycles. The minimum Gasteiger partial charge on any atom is -0.481 e. The summed E-state index contributed by atoms with van der Waals surface area (Å²) in [7, 11) is 0. The lowest BCUT2D eigenvalue weighted by molar-refractivity contribution is -0.140. The number of nitrogens with two attached hydrogens (primary N) is 1. The Balaban J connectivity index is 4.35. The summed E-state index contributed by atoms with van der Waals surface area (Å²) >= 11 is 0. The Morgan fingerprint density at radius 2 is 1.88 bits per heavy atom. The summed E-state index contributed by atoms with van der Waals surface area (Å²) in [5.41, 5.74) is 5.45. The van der Waals surface area contributed by atoms with Crippen molar-refractivity contribution in [3.8, 4) is 0 Å². The molecular formula is C11H22N2O3. The van der Waals surface area contributed by atoms with Crippen LogP contribution in [0.4, 0.5) is 0 Å². The molecule has 0 saturated heterocycles. The van der Waals surface area contributed by atoms with Gasteiger partial charge in [0.05, 0.1) is 6.42 Å². The summed E-state index contributed by atoms with van der Waals surface area (Å²) in [6.07, 6.45) is 0.366. The van der Waals surface area contributed by atoms with Gasteiger partial charge in [0.15, 0.2) is 0 Å². The van der Waals surface area contributed by atoms with Gasteiger partial charge in [-0.2, -0.15) is 0 Å². The van der Waals surface area contributed by atoms with Crippen LogP contribution in [0.15, 0.2) is 0 Å². The Labute approximate surface area is 96.6 Å². The van der Waals surface area contributed by atoms with Crippen molar-refractivity contribution in [2.75, 3.05) is 13.1 Å². The van der Waals surface area contributed by atoms with E-state index < -0.39 is 5.97 Å². The third kappa shape index (κ3) is 5.11. The van der Waals surface area contributed by atoms with Gasteiger partial charge >= 0.3 is 5.97 Å². The van der Waals surface area contributed by atoms with Gasteiger partial charge in [-0.3, -0.25) is 9.59 Å². The average molecular weight is 230 g/mol. The van der Waals surface area contributed by atoms with E-state index in [2.05, 4.69) is 0 Å². The highest BCUT2D eigenvalue weighted by Gasteiger charge is 2.21. The molecule has 2 atom stereocenters. The fourth-order valence-corrected chi connectivity index (χ4v) is 1.60. The van der Waals surface area contributed by atoms with Crippen molar-refractivity contribution in [1.82, 2.24) is 4.90 Å². The van der Waals surface area contributed by atoms with Gasteiger partial charge in [0.2, 0.25) is 5.91 Å². The number of nitrogens with zero attached hydrogens (tertiary/aromatic N) is 1. The minimum atomic E-state index is -0.884. The molecule has 0 aromatic carbocycles. The molecule has 0 aliphatic rings. The molecule has 3 N–H and O–H groups in total. The molecule has 5 heteroatoms. The molecule has 0 radical (unpaired) electrons. The SMILES string of the molecule is CCN(C(=O)CC(C)CN)C(C)CC(=O)O. The maximum absolute atomic E-state index is 11.8. The molecule has 0 bridgehead atoms. The van der Waals surface area contributed by atoms with Crippen LogP contribution in [0.3, 0.4) is 0 Å². The van der Waals surface area contributed by atoms with Crippen LogP contribution >= 0.6 is 0 Å². The number of carbonyl (C=O) groups is 2. The number of aliphatic carboxylic acids is 1. The lowest BCUT2D eigenvalue weighted by Crippen LogP contribution is -2.40. The molecule has 0 fully saturated rings. The van der Waals surface area contributed by atoms with Crippen LogP contribution in [0, 0.1) is 5.92 Å². The highest BCUT2D eigenvalue weighted by Crippen LogP contribution is 2.09. The molecule has 0 heterocycles. The molecule has 0 rings (SSSR count). The summed E-state index contributed by atoms with van der Waals surface area (Å²) in [6.45, 7) is 6.51. The predicted octanol–water partition coefficient (Wildman–Crippen LogP) is 0.683. The van der Waals surface area contributed by atoms with Crippen molar-refractivity contribution in [2.45, 2.75) is 39.7 Å². The van der Waals surface area contributed by atoms with E-state index in [-0.39, 0.29) is 24.3 Å². The van der Waals surface area contributed by atoms with Gasteiger partial charge in [-0.15, -0.1) is 0 Å². The van der Waals surface area contributed by atoms with E-state index in [1.807, 2.05) is 13.8 Å². The standard InChI is InChI=1S/C11H22N2O3/c1-4-13(9(3)6-11(15)16)10(14)5-8(2)7-12/h8-9H,4-7,12H2,1-3H3,(H,15,16). The van der Waals surface area contributed by atoms with E-state index in [0.29, 0.717) is 19.5 Å². The topological polar surface area (TPSA) is 83.6 Å². The maximum atomic E-state index is 11.8. The van der Waals surface area contributed by atoms with Gasteiger partial charge in [-0.05, 0) is 26.3 Å². The Hall–Kier alpha value is -1.10. The van der Waals surface area contributed by atoms with E-state index in [0.717, 1.165) is 0 Å². The van der Waals surface area contributed by atoms with Crippen molar-refractivity contribution >= 4 is 11.9 Å². The van der Waals surface area contributed by atoms with E-state index in [1.165, 1.54) is 0 Å². The molecule has 1 amide bonds. The first-order valence-corrected chi connectivity index (χ1v) is 5.63. The zero-order valence-corrected chi connectivity index (χ0v) is 10.3. The predicted molar refractivity (Wildman–Crippen MR) is 61.9 cm³/mol. The number of carboxylic acids is 1. The second-order valence-electron chi connectivity index (χ2n) is 4.17. The van der Waals surface area contributed by atoms with Crippen molar-refractivity contribution in [3.63, 3.8) is 0 Å². The van der Waals surface area contributed by atoms with Crippen LogP contribution in [0.25, 0.3) is 0 Å². The molecule has 0 aromatic rings. The summed E-state index contributed by atoms with van der Waals surface area (Å²) < 4.78 is 0. The summed E-state index contributed by atoms with van der Waals surface area (Å²) in [6, 6.07) is -0.264. The Bertz CT molecular complexity index is 243. The zero-order valence-electron chi connectivity index (χ0n) is 10.3. The van der Waals surface area contributed by atoms with Crippen molar-refractivity contribution in [2.24, 2.45) is 11.7 Å². The Morgan fingerprint density at radius 3 is 2.25 bits per heavy atom. The van der Waals surface area contributed by atoms with Crippen LogP contribution in [-0.4, -0.2) is 41.0 Å². The molecule has 2 unspecified atom stereocenters. The van der Waals surface area contributed by atoms with Crippen molar-refractivity contribution < 1.29 is 14.7 Å². The monoisotopic (exact) mass is 230 g/mol. The molecule has 0 saturated carbocycles. The lowest BCUT2D eigenvalue weighted by atomic mass is 10.1. The third-order valence-corrected chi connectivity index (χ3v) is 2.59. The molecule has 5 nitrogen and oxygen atoms in total. The first-order valence-electron chi connectivity index (χ1n) is 5.63. The van der Waals surface area contributed by atoms with Gasteiger partial charge in [-0.25, -0.2) is 0 Å². The lowest BCUT2D eigenvalue weighted by Gasteiger charge is -2.28. The molecule has 0 aliphatic heterocycles. The molecular weight excluding hydrogens is 208 g/mol. The fraction of sp³-hybridized carbons (Fsp3) is 0.818. The van der Waals surface area contributed by atoms with E-state index in [4.69, 9.17) is 10.8 Å². The minimum absolute atomic E-state index is 0.0173.